The lowest BCUT2D eigenvalue weighted by molar-refractivity contribution is -0.132. The van der Waals surface area contributed by atoms with Crippen LogP contribution >= 0.6 is 11.6 Å². The van der Waals surface area contributed by atoms with E-state index < -0.39 is 0 Å². The molecular weight excluding hydrogens is 344 g/mol. The van der Waals surface area contributed by atoms with E-state index in [1.165, 1.54) is 22.4 Å². The Bertz CT molecular complexity index is 827. The Morgan fingerprint density at radius 3 is 2.54 bits per heavy atom. The van der Waals surface area contributed by atoms with Crippen LogP contribution in [0.1, 0.15) is 29.0 Å². The van der Waals surface area contributed by atoms with Gasteiger partial charge in [-0.1, -0.05) is 47.5 Å². The summed E-state index contributed by atoms with van der Waals surface area (Å²) in [5.41, 5.74) is 5.01. The van der Waals surface area contributed by atoms with Gasteiger partial charge in [0, 0.05) is 42.8 Å². The first kappa shape index (κ1) is 17.4. The molecule has 1 amide bonds. The first-order valence-electron chi connectivity index (χ1n) is 9.39. The standard InChI is InChI=1S/C22H25ClN2O/c1-15-4-3-5-17(12-15)19-14-20(19)22(26)25-10-8-24(9-11-25)21-13-18(23)7-6-16(21)2/h3-7,12-13,19-20H,8-11,14H2,1-2H3/t19-,20?/m0/s1. The van der Waals surface area contributed by atoms with E-state index in [1.54, 1.807) is 0 Å². The number of hydrogen-bond donors (Lipinski definition) is 0. The molecule has 0 radical (unpaired) electrons. The Morgan fingerprint density at radius 1 is 1.04 bits per heavy atom. The monoisotopic (exact) mass is 368 g/mol. The predicted octanol–water partition coefficient (Wildman–Crippen LogP) is 4.41. The van der Waals surface area contributed by atoms with Crippen LogP contribution in [0.5, 0.6) is 0 Å². The van der Waals surface area contributed by atoms with Crippen molar-refractivity contribution in [3.8, 4) is 0 Å². The lowest BCUT2D eigenvalue weighted by Gasteiger charge is -2.37. The van der Waals surface area contributed by atoms with Crippen molar-refractivity contribution in [1.82, 2.24) is 4.90 Å². The highest BCUT2D eigenvalue weighted by molar-refractivity contribution is 6.30. The Labute approximate surface area is 160 Å². The van der Waals surface area contributed by atoms with Crippen LogP contribution in [0.4, 0.5) is 5.69 Å². The summed E-state index contributed by atoms with van der Waals surface area (Å²) < 4.78 is 0. The molecule has 2 aromatic carbocycles. The third-order valence-corrected chi connectivity index (χ3v) is 5.92. The van der Waals surface area contributed by atoms with Crippen molar-refractivity contribution in [1.29, 1.82) is 0 Å². The number of rotatable bonds is 3. The molecular formula is C22H25ClN2O. The highest BCUT2D eigenvalue weighted by atomic mass is 35.5. The van der Waals surface area contributed by atoms with Gasteiger partial charge in [0.25, 0.3) is 0 Å². The van der Waals surface area contributed by atoms with E-state index in [-0.39, 0.29) is 5.92 Å². The lowest BCUT2D eigenvalue weighted by Crippen LogP contribution is -2.49. The molecule has 1 heterocycles. The highest BCUT2D eigenvalue weighted by Gasteiger charge is 2.46. The number of amides is 1. The molecule has 4 rings (SSSR count). The summed E-state index contributed by atoms with van der Waals surface area (Å²) in [6.45, 7) is 7.55. The van der Waals surface area contributed by atoms with Gasteiger partial charge in [-0.05, 0) is 49.4 Å². The van der Waals surface area contributed by atoms with Crippen LogP contribution in [0.25, 0.3) is 0 Å². The second-order valence-corrected chi connectivity index (χ2v) is 8.04. The Morgan fingerprint density at radius 2 is 1.81 bits per heavy atom. The number of carbonyl (C=O) groups excluding carboxylic acids is 1. The van der Waals surface area contributed by atoms with Crippen molar-refractivity contribution in [2.24, 2.45) is 5.92 Å². The predicted molar refractivity (Wildman–Crippen MR) is 107 cm³/mol. The second kappa shape index (κ2) is 6.96. The minimum Gasteiger partial charge on any atom is -0.368 e. The fourth-order valence-electron chi connectivity index (χ4n) is 4.06. The highest BCUT2D eigenvalue weighted by Crippen LogP contribution is 2.48. The molecule has 1 unspecified atom stereocenters. The van der Waals surface area contributed by atoms with E-state index in [4.69, 9.17) is 11.6 Å². The van der Waals surface area contributed by atoms with Crippen LogP contribution in [0.3, 0.4) is 0 Å². The van der Waals surface area contributed by atoms with Gasteiger partial charge in [0.05, 0.1) is 0 Å². The second-order valence-electron chi connectivity index (χ2n) is 7.61. The van der Waals surface area contributed by atoms with Crippen LogP contribution in [-0.4, -0.2) is 37.0 Å². The lowest BCUT2D eigenvalue weighted by atomic mass is 10.1. The molecule has 2 fully saturated rings. The van der Waals surface area contributed by atoms with Gasteiger partial charge < -0.3 is 9.80 Å². The van der Waals surface area contributed by atoms with Gasteiger partial charge in [0.2, 0.25) is 5.91 Å². The largest absolute Gasteiger partial charge is 0.368 e. The summed E-state index contributed by atoms with van der Waals surface area (Å²) in [4.78, 5) is 17.3. The van der Waals surface area contributed by atoms with Crippen LogP contribution in [0.15, 0.2) is 42.5 Å². The first-order chi connectivity index (χ1) is 12.5. The SMILES string of the molecule is Cc1cccc([C@@H]2CC2C(=O)N2CCN(c3cc(Cl)ccc3C)CC2)c1. The quantitative estimate of drug-likeness (QED) is 0.801. The summed E-state index contributed by atoms with van der Waals surface area (Å²) in [5, 5.41) is 0.767. The number of nitrogens with zero attached hydrogens (tertiary/aromatic N) is 2. The number of aryl methyl sites for hydroxylation is 2. The van der Waals surface area contributed by atoms with Crippen LogP contribution in [0, 0.1) is 19.8 Å². The Kier molecular flexibility index (Phi) is 4.66. The van der Waals surface area contributed by atoms with Crippen LogP contribution in [0.2, 0.25) is 5.02 Å². The molecule has 2 atom stereocenters. The minimum atomic E-state index is 0.177. The van der Waals surface area contributed by atoms with E-state index >= 15 is 0 Å². The van der Waals surface area contributed by atoms with Crippen molar-refractivity contribution < 1.29 is 4.79 Å². The van der Waals surface area contributed by atoms with Crippen molar-refractivity contribution in [3.63, 3.8) is 0 Å². The van der Waals surface area contributed by atoms with Crippen molar-refractivity contribution in [2.75, 3.05) is 31.1 Å². The molecule has 3 nitrogen and oxygen atoms in total. The maximum atomic E-state index is 12.9. The Balaban J connectivity index is 1.36. The molecule has 1 saturated carbocycles. The zero-order valence-corrected chi connectivity index (χ0v) is 16.2. The number of carbonyl (C=O) groups is 1. The van der Waals surface area contributed by atoms with Gasteiger partial charge in [0.15, 0.2) is 0 Å². The average Bonchev–Trinajstić information content (AvgIpc) is 3.44. The number of piperazine rings is 1. The van der Waals surface area contributed by atoms with E-state index in [0.29, 0.717) is 11.8 Å². The zero-order valence-electron chi connectivity index (χ0n) is 15.4. The van der Waals surface area contributed by atoms with Gasteiger partial charge in [0.1, 0.15) is 0 Å². The van der Waals surface area contributed by atoms with Gasteiger partial charge >= 0.3 is 0 Å². The number of halogens is 1. The molecule has 0 N–H and O–H groups in total. The molecule has 0 aromatic heterocycles. The Hall–Kier alpha value is -2.00. The van der Waals surface area contributed by atoms with Gasteiger partial charge in [-0.3, -0.25) is 4.79 Å². The first-order valence-corrected chi connectivity index (χ1v) is 9.77. The molecule has 0 spiro atoms. The molecule has 0 bridgehead atoms. The van der Waals surface area contributed by atoms with E-state index in [0.717, 1.165) is 37.6 Å². The smallest absolute Gasteiger partial charge is 0.226 e. The topological polar surface area (TPSA) is 23.6 Å². The number of anilines is 1. The van der Waals surface area contributed by atoms with Crippen molar-refractivity contribution in [3.05, 3.63) is 64.2 Å². The molecule has 1 aliphatic carbocycles. The number of hydrogen-bond acceptors (Lipinski definition) is 2. The molecule has 2 aromatic rings. The molecule has 2 aliphatic rings. The third kappa shape index (κ3) is 3.45. The van der Waals surface area contributed by atoms with Crippen LogP contribution < -0.4 is 4.90 Å². The van der Waals surface area contributed by atoms with E-state index in [1.807, 2.05) is 12.1 Å². The minimum absolute atomic E-state index is 0.177. The third-order valence-electron chi connectivity index (χ3n) is 5.68. The summed E-state index contributed by atoms with van der Waals surface area (Å²) in [5.74, 6) is 0.922. The zero-order chi connectivity index (χ0) is 18.3. The van der Waals surface area contributed by atoms with Crippen molar-refractivity contribution in [2.45, 2.75) is 26.2 Å². The van der Waals surface area contributed by atoms with Crippen LogP contribution in [-0.2, 0) is 4.79 Å². The fraction of sp³-hybridized carbons (Fsp3) is 0.409. The summed E-state index contributed by atoms with van der Waals surface area (Å²) in [6, 6.07) is 14.6. The summed E-state index contributed by atoms with van der Waals surface area (Å²) in [6.07, 6.45) is 0.996. The van der Waals surface area contributed by atoms with E-state index in [9.17, 15) is 4.79 Å². The maximum Gasteiger partial charge on any atom is 0.226 e. The molecule has 1 aliphatic heterocycles. The molecule has 4 heteroatoms. The summed E-state index contributed by atoms with van der Waals surface area (Å²) in [7, 11) is 0. The molecule has 136 valence electrons. The summed E-state index contributed by atoms with van der Waals surface area (Å²) >= 11 is 6.16. The average molecular weight is 369 g/mol. The van der Waals surface area contributed by atoms with Gasteiger partial charge in [-0.15, -0.1) is 0 Å². The number of benzene rings is 2. The maximum absolute atomic E-state index is 12.9. The van der Waals surface area contributed by atoms with E-state index in [2.05, 4.69) is 54.0 Å². The molecule has 26 heavy (non-hydrogen) atoms. The normalized spacial score (nSPS) is 22.4. The van der Waals surface area contributed by atoms with Crippen molar-refractivity contribution >= 4 is 23.2 Å². The fourth-order valence-corrected chi connectivity index (χ4v) is 4.23. The molecule has 1 saturated heterocycles. The van der Waals surface area contributed by atoms with Gasteiger partial charge in [-0.2, -0.15) is 0 Å². The van der Waals surface area contributed by atoms with Gasteiger partial charge in [-0.25, -0.2) is 0 Å².